The molecule has 0 spiro atoms. The number of aromatic nitrogens is 1. The van der Waals surface area contributed by atoms with Gasteiger partial charge >= 0.3 is 0 Å². The molecule has 1 aliphatic rings. The molecular weight excluding hydrogens is 234 g/mol. The molecule has 1 aromatic rings. The highest BCUT2D eigenvalue weighted by atomic mass is 35.5. The fraction of sp³-hybridized carbons (Fsp3) is 0.538. The van der Waals surface area contributed by atoms with Gasteiger partial charge in [0.05, 0.1) is 5.56 Å². The van der Waals surface area contributed by atoms with Crippen molar-refractivity contribution in [2.75, 3.05) is 4.90 Å². The predicted octanol–water partition coefficient (Wildman–Crippen LogP) is 3.37. The van der Waals surface area contributed by atoms with Crippen molar-refractivity contribution < 1.29 is 0 Å². The first-order chi connectivity index (χ1) is 8.19. The summed E-state index contributed by atoms with van der Waals surface area (Å²) in [5, 5.41) is 9.48. The third-order valence-electron chi connectivity index (χ3n) is 3.49. The zero-order valence-electron chi connectivity index (χ0n) is 10.2. The Morgan fingerprint density at radius 1 is 1.59 bits per heavy atom. The molecule has 0 aliphatic carbocycles. The maximum Gasteiger partial charge on any atom is 0.149 e. The maximum absolute atomic E-state index is 8.99. The van der Waals surface area contributed by atoms with Gasteiger partial charge in [0, 0.05) is 18.3 Å². The van der Waals surface area contributed by atoms with Crippen LogP contribution in [0.2, 0.25) is 5.02 Å². The summed E-state index contributed by atoms with van der Waals surface area (Å²) < 4.78 is 0. The van der Waals surface area contributed by atoms with E-state index in [1.54, 1.807) is 12.3 Å². The third-order valence-corrected chi connectivity index (χ3v) is 3.87. The number of pyridine rings is 1. The highest BCUT2D eigenvalue weighted by molar-refractivity contribution is 6.34. The topological polar surface area (TPSA) is 39.9 Å². The second kappa shape index (κ2) is 4.93. The van der Waals surface area contributed by atoms with E-state index in [0.717, 1.165) is 18.7 Å². The Morgan fingerprint density at radius 2 is 2.35 bits per heavy atom. The third kappa shape index (κ3) is 2.10. The number of rotatable bonds is 2. The molecule has 0 aromatic carbocycles. The molecule has 0 radical (unpaired) electrons. The van der Waals surface area contributed by atoms with Gasteiger partial charge < -0.3 is 4.90 Å². The Kier molecular flexibility index (Phi) is 3.54. The van der Waals surface area contributed by atoms with Gasteiger partial charge in [-0.3, -0.25) is 0 Å². The predicted molar refractivity (Wildman–Crippen MR) is 69.2 cm³/mol. The van der Waals surface area contributed by atoms with E-state index in [1.807, 2.05) is 0 Å². The summed E-state index contributed by atoms with van der Waals surface area (Å²) >= 11 is 6.25. The SMILES string of the molecule is CCC1CCC(C)N1c1nccc(C#N)c1Cl. The molecule has 90 valence electrons. The van der Waals surface area contributed by atoms with Gasteiger partial charge in [-0.25, -0.2) is 4.98 Å². The Balaban J connectivity index is 2.43. The van der Waals surface area contributed by atoms with Gasteiger partial charge in [-0.05, 0) is 32.3 Å². The van der Waals surface area contributed by atoms with E-state index in [0.29, 0.717) is 22.7 Å². The van der Waals surface area contributed by atoms with Crippen LogP contribution < -0.4 is 4.90 Å². The van der Waals surface area contributed by atoms with Crippen LogP contribution in [0, 0.1) is 11.3 Å². The smallest absolute Gasteiger partial charge is 0.149 e. The van der Waals surface area contributed by atoms with Gasteiger partial charge in [0.25, 0.3) is 0 Å². The van der Waals surface area contributed by atoms with E-state index in [9.17, 15) is 0 Å². The first-order valence-electron chi connectivity index (χ1n) is 6.02. The standard InChI is InChI=1S/C13H16ClN3/c1-3-11-5-4-9(2)17(11)13-12(14)10(8-15)6-7-16-13/h6-7,9,11H,3-5H2,1-2H3. The van der Waals surface area contributed by atoms with Gasteiger partial charge in [0.15, 0.2) is 0 Å². The Morgan fingerprint density at radius 3 is 3.00 bits per heavy atom. The summed E-state index contributed by atoms with van der Waals surface area (Å²) in [5.41, 5.74) is 0.505. The molecule has 0 N–H and O–H groups in total. The quantitative estimate of drug-likeness (QED) is 0.807. The van der Waals surface area contributed by atoms with Crippen LogP contribution in [-0.4, -0.2) is 17.1 Å². The highest BCUT2D eigenvalue weighted by Gasteiger charge is 2.31. The average molecular weight is 250 g/mol. The molecule has 1 fully saturated rings. The van der Waals surface area contributed by atoms with Crippen LogP contribution in [0.25, 0.3) is 0 Å². The fourth-order valence-electron chi connectivity index (χ4n) is 2.55. The number of hydrogen-bond donors (Lipinski definition) is 0. The van der Waals surface area contributed by atoms with Crippen molar-refractivity contribution in [1.29, 1.82) is 5.26 Å². The number of nitrogens with zero attached hydrogens (tertiary/aromatic N) is 3. The summed E-state index contributed by atoms with van der Waals surface area (Å²) in [4.78, 5) is 6.63. The van der Waals surface area contributed by atoms with E-state index in [1.165, 1.54) is 6.42 Å². The number of anilines is 1. The summed E-state index contributed by atoms with van der Waals surface area (Å²) in [5.74, 6) is 0.766. The van der Waals surface area contributed by atoms with Crippen LogP contribution in [0.4, 0.5) is 5.82 Å². The van der Waals surface area contributed by atoms with Crippen LogP contribution in [0.1, 0.15) is 38.7 Å². The molecule has 0 amide bonds. The second-order valence-electron chi connectivity index (χ2n) is 4.50. The zero-order chi connectivity index (χ0) is 12.4. The Bertz CT molecular complexity index is 452. The van der Waals surface area contributed by atoms with E-state index in [2.05, 4.69) is 29.8 Å². The highest BCUT2D eigenvalue weighted by Crippen LogP contribution is 2.35. The fourth-order valence-corrected chi connectivity index (χ4v) is 2.80. The lowest BCUT2D eigenvalue weighted by Crippen LogP contribution is -2.35. The summed E-state index contributed by atoms with van der Waals surface area (Å²) in [6.45, 7) is 4.37. The molecule has 0 saturated carbocycles. The van der Waals surface area contributed by atoms with Crippen LogP contribution in [-0.2, 0) is 0 Å². The normalized spacial score (nSPS) is 23.8. The minimum Gasteiger partial charge on any atom is -0.350 e. The first kappa shape index (κ1) is 12.2. The molecule has 4 heteroatoms. The molecule has 1 aromatic heterocycles. The molecule has 2 unspecified atom stereocenters. The summed E-state index contributed by atoms with van der Waals surface area (Å²) in [7, 11) is 0. The maximum atomic E-state index is 8.99. The van der Waals surface area contributed by atoms with Crippen LogP contribution in [0.15, 0.2) is 12.3 Å². The van der Waals surface area contributed by atoms with Gasteiger partial charge in [0.2, 0.25) is 0 Å². The number of nitriles is 1. The number of hydrogen-bond acceptors (Lipinski definition) is 3. The lowest BCUT2D eigenvalue weighted by molar-refractivity contribution is 0.621. The molecule has 1 aliphatic heterocycles. The van der Waals surface area contributed by atoms with E-state index in [-0.39, 0.29) is 0 Å². The van der Waals surface area contributed by atoms with Gasteiger partial charge in [-0.1, -0.05) is 18.5 Å². The largest absolute Gasteiger partial charge is 0.350 e. The molecule has 3 nitrogen and oxygen atoms in total. The van der Waals surface area contributed by atoms with Crippen molar-refractivity contribution in [3.8, 4) is 6.07 Å². The van der Waals surface area contributed by atoms with Crippen molar-refractivity contribution in [2.45, 2.75) is 45.2 Å². The molecule has 2 atom stereocenters. The Labute approximate surface area is 107 Å². The van der Waals surface area contributed by atoms with E-state index in [4.69, 9.17) is 16.9 Å². The van der Waals surface area contributed by atoms with Crippen molar-refractivity contribution in [2.24, 2.45) is 0 Å². The molecule has 17 heavy (non-hydrogen) atoms. The molecular formula is C13H16ClN3. The first-order valence-corrected chi connectivity index (χ1v) is 6.39. The van der Waals surface area contributed by atoms with Crippen LogP contribution in [0.3, 0.4) is 0 Å². The van der Waals surface area contributed by atoms with Crippen molar-refractivity contribution >= 4 is 17.4 Å². The van der Waals surface area contributed by atoms with Crippen LogP contribution in [0.5, 0.6) is 0 Å². The van der Waals surface area contributed by atoms with Crippen molar-refractivity contribution in [1.82, 2.24) is 4.98 Å². The van der Waals surface area contributed by atoms with Gasteiger partial charge in [0.1, 0.15) is 16.9 Å². The number of halogens is 1. The second-order valence-corrected chi connectivity index (χ2v) is 4.88. The summed E-state index contributed by atoms with van der Waals surface area (Å²) in [6, 6.07) is 4.70. The van der Waals surface area contributed by atoms with Gasteiger partial charge in [-0.2, -0.15) is 5.26 Å². The van der Waals surface area contributed by atoms with E-state index < -0.39 is 0 Å². The Hall–Kier alpha value is -1.27. The minimum absolute atomic E-state index is 0.443. The van der Waals surface area contributed by atoms with Crippen molar-refractivity contribution in [3.05, 3.63) is 22.8 Å². The lowest BCUT2D eigenvalue weighted by Gasteiger charge is -2.29. The minimum atomic E-state index is 0.443. The van der Waals surface area contributed by atoms with E-state index >= 15 is 0 Å². The summed E-state index contributed by atoms with van der Waals surface area (Å²) in [6.07, 6.45) is 5.08. The molecule has 2 rings (SSSR count). The van der Waals surface area contributed by atoms with Crippen LogP contribution >= 0.6 is 11.6 Å². The molecule has 1 saturated heterocycles. The molecule has 0 bridgehead atoms. The monoisotopic (exact) mass is 249 g/mol. The molecule has 2 heterocycles. The van der Waals surface area contributed by atoms with Crippen molar-refractivity contribution in [3.63, 3.8) is 0 Å². The lowest BCUT2D eigenvalue weighted by atomic mass is 10.1. The average Bonchev–Trinajstić information content (AvgIpc) is 2.71. The van der Waals surface area contributed by atoms with Gasteiger partial charge in [-0.15, -0.1) is 0 Å². The zero-order valence-corrected chi connectivity index (χ0v) is 10.9.